The predicted octanol–water partition coefficient (Wildman–Crippen LogP) is 1.99. The van der Waals surface area contributed by atoms with Gasteiger partial charge in [0.1, 0.15) is 5.76 Å². The Balaban J connectivity index is 1.58. The second kappa shape index (κ2) is 7.19. The number of aromatic nitrogens is 1. The second-order valence-corrected chi connectivity index (χ2v) is 6.08. The fourth-order valence-corrected chi connectivity index (χ4v) is 3.03. The van der Waals surface area contributed by atoms with E-state index in [1.165, 1.54) is 7.11 Å². The minimum atomic E-state index is -1.03. The average Bonchev–Trinajstić information content (AvgIpc) is 3.24. The van der Waals surface area contributed by atoms with Gasteiger partial charge >= 0.3 is 5.97 Å². The summed E-state index contributed by atoms with van der Waals surface area (Å²) in [6.45, 7) is 4.15. The van der Waals surface area contributed by atoms with Gasteiger partial charge in [-0.3, -0.25) is 4.90 Å². The van der Waals surface area contributed by atoms with Crippen LogP contribution in [0.15, 0.2) is 27.2 Å². The van der Waals surface area contributed by atoms with Crippen LogP contribution in [0.25, 0.3) is 11.7 Å². The molecule has 0 aromatic carbocycles. The molecular weight excluding hydrogens is 312 g/mol. The number of esters is 1. The zero-order valence-electron chi connectivity index (χ0n) is 13.9. The van der Waals surface area contributed by atoms with Crippen LogP contribution in [0.2, 0.25) is 0 Å². The summed E-state index contributed by atoms with van der Waals surface area (Å²) in [5.74, 6) is 1.28. The highest BCUT2D eigenvalue weighted by molar-refractivity contribution is 5.74. The number of aliphatic hydroxyl groups is 1. The first-order chi connectivity index (χ1) is 11.6. The molecule has 1 atom stereocenters. The number of carbonyl (C=O) groups is 1. The molecule has 2 aromatic rings. The Morgan fingerprint density at radius 3 is 2.88 bits per heavy atom. The van der Waals surface area contributed by atoms with E-state index in [0.29, 0.717) is 18.2 Å². The van der Waals surface area contributed by atoms with Gasteiger partial charge in [0.2, 0.25) is 0 Å². The van der Waals surface area contributed by atoms with Gasteiger partial charge in [0.25, 0.3) is 5.89 Å². The quantitative estimate of drug-likeness (QED) is 0.836. The number of hydrogen-bond donors (Lipinski definition) is 1. The third-order valence-electron chi connectivity index (χ3n) is 4.52. The van der Waals surface area contributed by atoms with Crippen molar-refractivity contribution in [2.75, 3.05) is 20.2 Å². The molecule has 1 aliphatic rings. The number of furan rings is 1. The zero-order chi connectivity index (χ0) is 17.1. The summed E-state index contributed by atoms with van der Waals surface area (Å²) in [5.41, 5.74) is 0.883. The summed E-state index contributed by atoms with van der Waals surface area (Å²) in [7, 11) is 1.30. The lowest BCUT2D eigenvalue weighted by Gasteiger charge is -2.32. The molecule has 7 heteroatoms. The van der Waals surface area contributed by atoms with E-state index in [4.69, 9.17) is 8.83 Å². The maximum atomic E-state index is 11.4. The molecule has 0 saturated carbocycles. The van der Waals surface area contributed by atoms with Crippen LogP contribution in [0.1, 0.15) is 24.3 Å². The third kappa shape index (κ3) is 3.52. The number of hydrogen-bond acceptors (Lipinski definition) is 7. The number of rotatable bonds is 5. The van der Waals surface area contributed by atoms with Crippen LogP contribution in [-0.4, -0.2) is 47.3 Å². The lowest BCUT2D eigenvalue weighted by Crippen LogP contribution is -2.40. The van der Waals surface area contributed by atoms with E-state index < -0.39 is 12.1 Å². The molecule has 7 nitrogen and oxygen atoms in total. The van der Waals surface area contributed by atoms with Crippen LogP contribution in [0.4, 0.5) is 0 Å². The summed E-state index contributed by atoms with van der Waals surface area (Å²) >= 11 is 0. The molecule has 2 aromatic heterocycles. The molecule has 1 unspecified atom stereocenters. The lowest BCUT2D eigenvalue weighted by molar-refractivity contribution is -0.154. The molecule has 24 heavy (non-hydrogen) atoms. The van der Waals surface area contributed by atoms with Crippen molar-refractivity contribution in [3.05, 3.63) is 29.9 Å². The highest BCUT2D eigenvalue weighted by Gasteiger charge is 2.30. The normalized spacial score (nSPS) is 17.8. The molecule has 3 heterocycles. The minimum Gasteiger partial charge on any atom is -0.467 e. The third-order valence-corrected chi connectivity index (χ3v) is 4.52. The Bertz CT molecular complexity index is 671. The van der Waals surface area contributed by atoms with Crippen LogP contribution >= 0.6 is 0 Å². The molecule has 1 saturated heterocycles. The number of likely N-dealkylation sites (tertiary alicyclic amines) is 1. The molecule has 3 rings (SSSR count). The van der Waals surface area contributed by atoms with E-state index in [-0.39, 0.29) is 5.92 Å². The number of aliphatic hydroxyl groups excluding tert-OH is 1. The van der Waals surface area contributed by atoms with Crippen molar-refractivity contribution in [1.29, 1.82) is 0 Å². The topological polar surface area (TPSA) is 88.9 Å². The molecule has 1 fully saturated rings. The average molecular weight is 334 g/mol. The molecule has 0 amide bonds. The summed E-state index contributed by atoms with van der Waals surface area (Å²) in [4.78, 5) is 18.2. The van der Waals surface area contributed by atoms with Gasteiger partial charge in [-0.05, 0) is 50.9 Å². The SMILES string of the molecule is COC(=O)C(O)C1CCN(Cc2nc(-c3ccco3)oc2C)CC1. The number of ether oxygens (including phenoxy) is 1. The molecular formula is C17H22N2O5. The first-order valence-electron chi connectivity index (χ1n) is 8.07. The van der Waals surface area contributed by atoms with Crippen molar-refractivity contribution in [2.24, 2.45) is 5.92 Å². The van der Waals surface area contributed by atoms with Crippen molar-refractivity contribution >= 4 is 5.97 Å². The van der Waals surface area contributed by atoms with Gasteiger partial charge in [-0.1, -0.05) is 0 Å². The van der Waals surface area contributed by atoms with Crippen molar-refractivity contribution in [3.8, 4) is 11.7 Å². The monoisotopic (exact) mass is 334 g/mol. The fourth-order valence-electron chi connectivity index (χ4n) is 3.03. The predicted molar refractivity (Wildman–Crippen MR) is 85.0 cm³/mol. The Morgan fingerprint density at radius 2 is 2.25 bits per heavy atom. The Hall–Kier alpha value is -2.12. The molecule has 0 radical (unpaired) electrons. The van der Waals surface area contributed by atoms with Crippen molar-refractivity contribution in [1.82, 2.24) is 9.88 Å². The summed E-state index contributed by atoms with van der Waals surface area (Å²) in [5, 5.41) is 9.94. The molecule has 1 aliphatic heterocycles. The van der Waals surface area contributed by atoms with E-state index >= 15 is 0 Å². The summed E-state index contributed by atoms with van der Waals surface area (Å²) in [6.07, 6.45) is 2.05. The summed E-state index contributed by atoms with van der Waals surface area (Å²) < 4.78 is 15.6. The fraction of sp³-hybridized carbons (Fsp3) is 0.529. The van der Waals surface area contributed by atoms with E-state index in [2.05, 4.69) is 14.6 Å². The highest BCUT2D eigenvalue weighted by Crippen LogP contribution is 2.26. The summed E-state index contributed by atoms with van der Waals surface area (Å²) in [6, 6.07) is 3.61. The maximum Gasteiger partial charge on any atom is 0.334 e. The van der Waals surface area contributed by atoms with Gasteiger partial charge in [0.15, 0.2) is 11.9 Å². The molecule has 1 N–H and O–H groups in total. The number of nitrogens with zero attached hydrogens (tertiary/aromatic N) is 2. The molecule has 0 spiro atoms. The first kappa shape index (κ1) is 16.7. The van der Waals surface area contributed by atoms with Crippen molar-refractivity contribution < 1.29 is 23.5 Å². The van der Waals surface area contributed by atoms with Crippen LogP contribution in [0, 0.1) is 12.8 Å². The van der Waals surface area contributed by atoms with Gasteiger partial charge < -0.3 is 18.7 Å². The molecule has 130 valence electrons. The second-order valence-electron chi connectivity index (χ2n) is 6.08. The smallest absolute Gasteiger partial charge is 0.334 e. The van der Waals surface area contributed by atoms with E-state index in [1.54, 1.807) is 12.3 Å². The van der Waals surface area contributed by atoms with E-state index in [1.807, 2.05) is 13.0 Å². The van der Waals surface area contributed by atoms with Gasteiger partial charge in [-0.25, -0.2) is 9.78 Å². The highest BCUT2D eigenvalue weighted by atomic mass is 16.5. The number of methoxy groups -OCH3 is 1. The largest absolute Gasteiger partial charge is 0.467 e. The van der Waals surface area contributed by atoms with E-state index in [9.17, 15) is 9.90 Å². The number of oxazole rings is 1. The Kier molecular flexibility index (Phi) is 5.01. The number of aryl methyl sites for hydroxylation is 1. The van der Waals surface area contributed by atoms with Crippen LogP contribution < -0.4 is 0 Å². The van der Waals surface area contributed by atoms with Crippen molar-refractivity contribution in [2.45, 2.75) is 32.4 Å². The maximum absolute atomic E-state index is 11.4. The number of piperidine rings is 1. The van der Waals surface area contributed by atoms with Crippen molar-refractivity contribution in [3.63, 3.8) is 0 Å². The Morgan fingerprint density at radius 1 is 1.50 bits per heavy atom. The first-order valence-corrected chi connectivity index (χ1v) is 8.07. The zero-order valence-corrected chi connectivity index (χ0v) is 13.9. The molecule has 0 aliphatic carbocycles. The van der Waals surface area contributed by atoms with Gasteiger partial charge in [-0.15, -0.1) is 0 Å². The standard InChI is InChI=1S/C17H22N2O5/c1-11-13(18-16(24-11)14-4-3-9-23-14)10-19-7-5-12(6-8-19)15(20)17(21)22-2/h3-4,9,12,15,20H,5-8,10H2,1-2H3. The lowest BCUT2D eigenvalue weighted by atomic mass is 9.91. The number of carbonyl (C=O) groups excluding carboxylic acids is 1. The van der Waals surface area contributed by atoms with Crippen LogP contribution in [-0.2, 0) is 16.1 Å². The molecule has 0 bridgehead atoms. The Labute approximate surface area is 140 Å². The van der Waals surface area contributed by atoms with E-state index in [0.717, 1.165) is 37.4 Å². The minimum absolute atomic E-state index is 0.0502. The van der Waals surface area contributed by atoms with Gasteiger partial charge in [0, 0.05) is 6.54 Å². The van der Waals surface area contributed by atoms with Gasteiger partial charge in [-0.2, -0.15) is 0 Å². The van der Waals surface area contributed by atoms with Gasteiger partial charge in [0.05, 0.1) is 19.1 Å². The van der Waals surface area contributed by atoms with Crippen LogP contribution in [0.5, 0.6) is 0 Å². The van der Waals surface area contributed by atoms with Crippen LogP contribution in [0.3, 0.4) is 0 Å².